The number of aromatic nitrogens is 2. The second-order valence-electron chi connectivity index (χ2n) is 4.87. The van der Waals surface area contributed by atoms with Gasteiger partial charge < -0.3 is 5.32 Å². The molecule has 1 N–H and O–H groups in total. The molecule has 1 fully saturated rings. The van der Waals surface area contributed by atoms with E-state index in [1.807, 2.05) is 12.1 Å². The van der Waals surface area contributed by atoms with Crippen molar-refractivity contribution in [2.45, 2.75) is 25.3 Å². The maximum atomic E-state index is 8.76. The summed E-state index contributed by atoms with van der Waals surface area (Å²) in [4.78, 5) is 8.74. The fourth-order valence-corrected chi connectivity index (χ4v) is 2.13. The Morgan fingerprint density at radius 3 is 2.65 bits per heavy atom. The van der Waals surface area contributed by atoms with Crippen molar-refractivity contribution >= 4 is 17.4 Å². The summed E-state index contributed by atoms with van der Waals surface area (Å²) < 4.78 is 0. The molecule has 1 aromatic carbocycles. The Morgan fingerprint density at radius 1 is 1.25 bits per heavy atom. The number of rotatable bonds is 4. The van der Waals surface area contributed by atoms with E-state index in [0.717, 1.165) is 30.0 Å². The van der Waals surface area contributed by atoms with Gasteiger partial charge in [0.2, 0.25) is 0 Å². The summed E-state index contributed by atoms with van der Waals surface area (Å²) >= 11 is 6.02. The van der Waals surface area contributed by atoms with Gasteiger partial charge in [-0.2, -0.15) is 5.26 Å². The Balaban J connectivity index is 1.69. The van der Waals surface area contributed by atoms with Crippen molar-refractivity contribution in [2.75, 3.05) is 5.32 Å². The van der Waals surface area contributed by atoms with Crippen LogP contribution in [0.3, 0.4) is 0 Å². The Hall–Kier alpha value is -2.12. The van der Waals surface area contributed by atoms with Crippen LogP contribution in [0.4, 0.5) is 5.82 Å². The standard InChI is InChI=1S/C15H13ClN4/c16-13-7-14(20-15(19-13)12-5-6-12)18-9-11-3-1-10(8-17)2-4-11/h1-4,7,12H,5-6,9H2,(H,18,19,20). The molecular formula is C15H13ClN4. The lowest BCUT2D eigenvalue weighted by atomic mass is 10.1. The molecule has 0 spiro atoms. The molecule has 0 atom stereocenters. The monoisotopic (exact) mass is 284 g/mol. The molecule has 4 nitrogen and oxygen atoms in total. The van der Waals surface area contributed by atoms with Gasteiger partial charge in [-0.15, -0.1) is 0 Å². The summed E-state index contributed by atoms with van der Waals surface area (Å²) in [7, 11) is 0. The fourth-order valence-electron chi connectivity index (χ4n) is 1.94. The maximum absolute atomic E-state index is 8.76. The molecule has 1 aromatic heterocycles. The highest BCUT2D eigenvalue weighted by atomic mass is 35.5. The van der Waals surface area contributed by atoms with E-state index >= 15 is 0 Å². The number of hydrogen-bond acceptors (Lipinski definition) is 4. The highest BCUT2D eigenvalue weighted by Gasteiger charge is 2.27. The van der Waals surface area contributed by atoms with Gasteiger partial charge in [-0.1, -0.05) is 23.7 Å². The molecule has 100 valence electrons. The van der Waals surface area contributed by atoms with Gasteiger partial charge in [0, 0.05) is 18.5 Å². The van der Waals surface area contributed by atoms with E-state index in [9.17, 15) is 0 Å². The van der Waals surface area contributed by atoms with Gasteiger partial charge >= 0.3 is 0 Å². The SMILES string of the molecule is N#Cc1ccc(CNc2cc(Cl)nc(C3CC3)n2)cc1. The lowest BCUT2D eigenvalue weighted by Gasteiger charge is -2.07. The number of hydrogen-bond donors (Lipinski definition) is 1. The van der Waals surface area contributed by atoms with Crippen LogP contribution in [0.15, 0.2) is 30.3 Å². The number of nitriles is 1. The molecule has 5 heteroatoms. The van der Waals surface area contributed by atoms with Gasteiger partial charge in [0.1, 0.15) is 16.8 Å². The van der Waals surface area contributed by atoms with Gasteiger partial charge in [-0.05, 0) is 30.5 Å². The number of halogens is 1. The van der Waals surface area contributed by atoms with E-state index in [-0.39, 0.29) is 0 Å². The Labute approximate surface area is 122 Å². The van der Waals surface area contributed by atoms with Crippen LogP contribution < -0.4 is 5.32 Å². The van der Waals surface area contributed by atoms with E-state index in [1.54, 1.807) is 18.2 Å². The zero-order valence-electron chi connectivity index (χ0n) is 10.8. The Bertz CT molecular complexity index is 657. The molecular weight excluding hydrogens is 272 g/mol. The fraction of sp³-hybridized carbons (Fsp3) is 0.267. The lowest BCUT2D eigenvalue weighted by Crippen LogP contribution is -2.04. The highest BCUT2D eigenvalue weighted by molar-refractivity contribution is 6.29. The minimum absolute atomic E-state index is 0.476. The average Bonchev–Trinajstić information content (AvgIpc) is 3.30. The molecule has 1 heterocycles. The van der Waals surface area contributed by atoms with Crippen molar-refractivity contribution in [3.63, 3.8) is 0 Å². The Morgan fingerprint density at radius 2 is 2.00 bits per heavy atom. The minimum atomic E-state index is 0.476. The first-order valence-corrected chi connectivity index (χ1v) is 6.90. The molecule has 2 aromatic rings. The first kappa shape index (κ1) is 12.9. The first-order valence-electron chi connectivity index (χ1n) is 6.52. The lowest BCUT2D eigenvalue weighted by molar-refractivity contribution is 0.921. The van der Waals surface area contributed by atoms with Gasteiger partial charge in [0.15, 0.2) is 0 Å². The summed E-state index contributed by atoms with van der Waals surface area (Å²) in [6, 6.07) is 11.3. The van der Waals surface area contributed by atoms with Crippen molar-refractivity contribution in [2.24, 2.45) is 0 Å². The largest absolute Gasteiger partial charge is 0.366 e. The van der Waals surface area contributed by atoms with Crippen LogP contribution in [0, 0.1) is 11.3 Å². The Kier molecular flexibility index (Phi) is 3.53. The van der Waals surface area contributed by atoms with Gasteiger partial charge in [-0.3, -0.25) is 0 Å². The summed E-state index contributed by atoms with van der Waals surface area (Å²) in [6.07, 6.45) is 2.30. The molecule has 0 radical (unpaired) electrons. The molecule has 3 rings (SSSR count). The van der Waals surface area contributed by atoms with E-state index in [1.165, 1.54) is 0 Å². The maximum Gasteiger partial charge on any atom is 0.135 e. The summed E-state index contributed by atoms with van der Waals surface area (Å²) in [5.41, 5.74) is 1.75. The van der Waals surface area contributed by atoms with Crippen LogP contribution in [0.1, 0.15) is 35.7 Å². The summed E-state index contributed by atoms with van der Waals surface area (Å²) in [5, 5.41) is 12.5. The molecule has 1 aliphatic carbocycles. The second-order valence-corrected chi connectivity index (χ2v) is 5.26. The molecule has 0 aliphatic heterocycles. The van der Waals surface area contributed by atoms with Crippen LogP contribution in [0.25, 0.3) is 0 Å². The van der Waals surface area contributed by atoms with Crippen LogP contribution in [0.5, 0.6) is 0 Å². The minimum Gasteiger partial charge on any atom is -0.366 e. The number of nitrogens with zero attached hydrogens (tertiary/aromatic N) is 3. The van der Waals surface area contributed by atoms with Crippen molar-refractivity contribution in [1.29, 1.82) is 5.26 Å². The van der Waals surface area contributed by atoms with Crippen molar-refractivity contribution in [3.05, 3.63) is 52.4 Å². The molecule has 0 saturated heterocycles. The second kappa shape index (κ2) is 5.48. The molecule has 0 unspecified atom stereocenters. The topological polar surface area (TPSA) is 61.6 Å². The van der Waals surface area contributed by atoms with E-state index < -0.39 is 0 Å². The average molecular weight is 285 g/mol. The van der Waals surface area contributed by atoms with Gasteiger partial charge in [-0.25, -0.2) is 9.97 Å². The summed E-state index contributed by atoms with van der Waals surface area (Å²) in [5.74, 6) is 2.06. The van der Waals surface area contributed by atoms with Crippen molar-refractivity contribution in [3.8, 4) is 6.07 Å². The highest BCUT2D eigenvalue weighted by Crippen LogP contribution is 2.38. The zero-order chi connectivity index (χ0) is 13.9. The van der Waals surface area contributed by atoms with Crippen LogP contribution in [0.2, 0.25) is 5.15 Å². The van der Waals surface area contributed by atoms with E-state index in [4.69, 9.17) is 16.9 Å². The molecule has 1 saturated carbocycles. The van der Waals surface area contributed by atoms with E-state index in [0.29, 0.717) is 23.2 Å². The third kappa shape index (κ3) is 3.06. The smallest absolute Gasteiger partial charge is 0.135 e. The number of anilines is 1. The van der Waals surface area contributed by atoms with Crippen molar-refractivity contribution < 1.29 is 0 Å². The zero-order valence-corrected chi connectivity index (χ0v) is 11.6. The van der Waals surface area contributed by atoms with Crippen LogP contribution in [-0.4, -0.2) is 9.97 Å². The van der Waals surface area contributed by atoms with Crippen LogP contribution in [-0.2, 0) is 6.54 Å². The predicted molar refractivity (Wildman–Crippen MR) is 77.5 cm³/mol. The quantitative estimate of drug-likeness (QED) is 0.873. The normalized spacial score (nSPS) is 13.8. The third-order valence-electron chi connectivity index (χ3n) is 3.21. The van der Waals surface area contributed by atoms with Gasteiger partial charge in [0.05, 0.1) is 11.6 Å². The predicted octanol–water partition coefficient (Wildman–Crippen LogP) is 3.49. The first-order chi connectivity index (χ1) is 9.74. The number of benzene rings is 1. The molecule has 0 bridgehead atoms. The van der Waals surface area contributed by atoms with Crippen molar-refractivity contribution in [1.82, 2.24) is 9.97 Å². The van der Waals surface area contributed by atoms with E-state index in [2.05, 4.69) is 21.4 Å². The molecule has 1 aliphatic rings. The summed E-state index contributed by atoms with van der Waals surface area (Å²) in [6.45, 7) is 0.642. The number of nitrogens with one attached hydrogen (secondary N) is 1. The third-order valence-corrected chi connectivity index (χ3v) is 3.40. The molecule has 20 heavy (non-hydrogen) atoms. The van der Waals surface area contributed by atoms with Gasteiger partial charge in [0.25, 0.3) is 0 Å². The molecule has 0 amide bonds. The van der Waals surface area contributed by atoms with Crippen LogP contribution >= 0.6 is 11.6 Å².